The van der Waals surface area contributed by atoms with E-state index in [0.717, 1.165) is 12.1 Å². The number of hydrogen-bond donors (Lipinski definition) is 0. The molecule has 0 spiro atoms. The van der Waals surface area contributed by atoms with E-state index in [2.05, 4.69) is 9.73 Å². The third-order valence-corrected chi connectivity index (χ3v) is 5.69. The van der Waals surface area contributed by atoms with E-state index in [0.29, 0.717) is 13.2 Å². The van der Waals surface area contributed by atoms with Crippen LogP contribution in [0, 0.1) is 23.1 Å². The summed E-state index contributed by atoms with van der Waals surface area (Å²) in [6.07, 6.45) is -16.6. The fourth-order valence-electron chi connectivity index (χ4n) is 3.97. The second kappa shape index (κ2) is 8.79. The number of esters is 1. The molecule has 1 aliphatic heterocycles. The minimum atomic E-state index is -5.62. The summed E-state index contributed by atoms with van der Waals surface area (Å²) < 4.78 is 142. The Morgan fingerprint density at radius 2 is 1.56 bits per heavy atom. The zero-order valence-corrected chi connectivity index (χ0v) is 17.7. The van der Waals surface area contributed by atoms with E-state index in [1.54, 1.807) is 0 Å². The first-order chi connectivity index (χ1) is 16.5. The molecular weight excluding hydrogens is 514 g/mol. The second-order valence-electron chi connectivity index (χ2n) is 7.73. The van der Waals surface area contributed by atoms with Crippen molar-refractivity contribution in [2.45, 2.75) is 23.9 Å². The van der Waals surface area contributed by atoms with E-state index < -0.39 is 76.2 Å². The first kappa shape index (κ1) is 27.0. The zero-order chi connectivity index (χ0) is 27.3. The van der Waals surface area contributed by atoms with Crippen LogP contribution in [0.2, 0.25) is 0 Å². The number of aliphatic imine (C=N–C) groups is 1. The summed E-state index contributed by atoms with van der Waals surface area (Å²) in [6, 6.07) is 3.14. The highest BCUT2D eigenvalue weighted by molar-refractivity contribution is 6.14. The molecule has 192 valence electrons. The van der Waals surface area contributed by atoms with Gasteiger partial charge in [0.2, 0.25) is 0 Å². The lowest BCUT2D eigenvalue weighted by molar-refractivity contribution is -0.201. The highest BCUT2D eigenvalue weighted by Crippen LogP contribution is 2.53. The molecule has 36 heavy (non-hydrogen) atoms. The second-order valence-corrected chi connectivity index (χ2v) is 7.73. The average molecular weight is 526 g/mol. The van der Waals surface area contributed by atoms with Gasteiger partial charge in [0.1, 0.15) is 23.2 Å². The zero-order valence-electron chi connectivity index (χ0n) is 17.7. The molecule has 0 saturated carbocycles. The molecule has 1 aliphatic rings. The molecular formula is C22H12F10N2O2. The Labute approximate surface area is 195 Å². The van der Waals surface area contributed by atoms with E-state index in [1.165, 1.54) is 6.07 Å². The summed E-state index contributed by atoms with van der Waals surface area (Å²) in [6.45, 7) is -1.48. The fraction of sp³-hybridized carbons (Fsp3) is 0.318. The van der Waals surface area contributed by atoms with Crippen LogP contribution < -0.4 is 0 Å². The maximum atomic E-state index is 14.6. The van der Waals surface area contributed by atoms with Crippen molar-refractivity contribution in [3.8, 4) is 6.07 Å². The minimum absolute atomic E-state index is 0.123. The molecule has 0 aromatic heterocycles. The number of carbonyl (C=O) groups excluding carboxylic acids is 1. The van der Waals surface area contributed by atoms with Gasteiger partial charge in [0.25, 0.3) is 0 Å². The van der Waals surface area contributed by atoms with Crippen LogP contribution in [-0.2, 0) is 27.3 Å². The molecule has 1 heterocycles. The van der Waals surface area contributed by atoms with Crippen LogP contribution in [-0.4, -0.2) is 31.5 Å². The highest BCUT2D eigenvalue weighted by Gasteiger charge is 2.67. The predicted octanol–water partition coefficient (Wildman–Crippen LogP) is 5.83. The molecule has 0 saturated heterocycles. The normalized spacial score (nSPS) is 20.6. The van der Waals surface area contributed by atoms with Gasteiger partial charge in [0.05, 0.1) is 36.1 Å². The molecule has 0 aliphatic carbocycles. The number of ether oxygens (including phenoxy) is 1. The number of halogens is 10. The number of nitriles is 1. The molecule has 0 amide bonds. The molecule has 0 bridgehead atoms. The fourth-order valence-corrected chi connectivity index (χ4v) is 3.97. The van der Waals surface area contributed by atoms with Gasteiger partial charge in [-0.05, 0) is 41.5 Å². The van der Waals surface area contributed by atoms with Crippen LogP contribution in [0.3, 0.4) is 0 Å². The third kappa shape index (κ3) is 4.49. The van der Waals surface area contributed by atoms with Crippen molar-refractivity contribution < 1.29 is 53.4 Å². The Balaban J connectivity index is 2.37. The quantitative estimate of drug-likeness (QED) is 0.374. The van der Waals surface area contributed by atoms with Crippen molar-refractivity contribution in [1.29, 1.82) is 5.26 Å². The van der Waals surface area contributed by atoms with Crippen molar-refractivity contribution in [2.75, 3.05) is 13.7 Å². The number of alkyl halides is 9. The predicted molar refractivity (Wildman–Crippen MR) is 102 cm³/mol. The van der Waals surface area contributed by atoms with E-state index in [4.69, 9.17) is 5.26 Å². The first-order valence-electron chi connectivity index (χ1n) is 9.66. The molecule has 2 aromatic rings. The van der Waals surface area contributed by atoms with Crippen LogP contribution in [0.1, 0.15) is 27.8 Å². The van der Waals surface area contributed by atoms with Gasteiger partial charge in [0.15, 0.2) is 0 Å². The number of nitrogens with zero attached hydrogens (tertiary/aromatic N) is 2. The number of carbonyl (C=O) groups is 1. The van der Waals surface area contributed by atoms with Crippen LogP contribution in [0.15, 0.2) is 41.4 Å². The van der Waals surface area contributed by atoms with Gasteiger partial charge < -0.3 is 4.74 Å². The van der Waals surface area contributed by atoms with Crippen molar-refractivity contribution in [2.24, 2.45) is 10.9 Å². The van der Waals surface area contributed by atoms with Crippen LogP contribution in [0.5, 0.6) is 0 Å². The summed E-state index contributed by atoms with van der Waals surface area (Å²) in [4.78, 5) is 16.3. The average Bonchev–Trinajstić information content (AvgIpc) is 3.19. The summed E-state index contributed by atoms with van der Waals surface area (Å²) in [5.41, 5.74) is -11.1. The van der Waals surface area contributed by atoms with Crippen LogP contribution in [0.4, 0.5) is 43.9 Å². The topological polar surface area (TPSA) is 62.5 Å². The minimum Gasteiger partial charge on any atom is -0.468 e. The van der Waals surface area contributed by atoms with Gasteiger partial charge in [-0.2, -0.15) is 44.8 Å². The highest BCUT2D eigenvalue weighted by atomic mass is 19.4. The number of hydrogen-bond acceptors (Lipinski definition) is 4. The smallest absolute Gasteiger partial charge is 0.416 e. The summed E-state index contributed by atoms with van der Waals surface area (Å²) >= 11 is 0. The molecule has 14 heteroatoms. The molecule has 2 atom stereocenters. The lowest BCUT2D eigenvalue weighted by Crippen LogP contribution is -2.53. The Hall–Kier alpha value is -3.63. The van der Waals surface area contributed by atoms with E-state index in [9.17, 15) is 48.7 Å². The number of methoxy groups -OCH3 is 1. The van der Waals surface area contributed by atoms with Crippen LogP contribution >= 0.6 is 0 Å². The maximum absolute atomic E-state index is 14.6. The van der Waals surface area contributed by atoms with Crippen molar-refractivity contribution >= 4 is 11.7 Å². The van der Waals surface area contributed by atoms with Gasteiger partial charge in [-0.3, -0.25) is 9.79 Å². The molecule has 3 rings (SSSR count). The molecule has 4 nitrogen and oxygen atoms in total. The standard InChI is InChI=1S/C22H12F10N2O2/c1-36-18(35)16-17(10-2-3-15(23)11(4-10)8-33)34-9-19(16,22(30,31)32)12-5-13(20(24,25)26)7-14(6-12)21(27,28)29/h2-7,16H,9H2,1H3. The molecule has 2 unspecified atom stereocenters. The summed E-state index contributed by atoms with van der Waals surface area (Å²) in [7, 11) is 0.665. The van der Waals surface area contributed by atoms with Crippen molar-refractivity contribution in [1.82, 2.24) is 0 Å². The van der Waals surface area contributed by atoms with Gasteiger partial charge in [-0.15, -0.1) is 0 Å². The number of rotatable bonds is 3. The first-order valence-corrected chi connectivity index (χ1v) is 9.66. The molecule has 2 aromatic carbocycles. The largest absolute Gasteiger partial charge is 0.468 e. The SMILES string of the molecule is COC(=O)C1C(c2ccc(F)c(C#N)c2)=NCC1(c1cc(C(F)(F)F)cc(C(F)(F)F)c1)C(F)(F)F. The van der Waals surface area contributed by atoms with Gasteiger partial charge in [-0.1, -0.05) is 6.07 Å². The summed E-state index contributed by atoms with van der Waals surface area (Å²) in [5.74, 6) is -5.31. The Morgan fingerprint density at radius 1 is 1.00 bits per heavy atom. The van der Waals surface area contributed by atoms with Gasteiger partial charge >= 0.3 is 24.5 Å². The third-order valence-electron chi connectivity index (χ3n) is 5.69. The van der Waals surface area contributed by atoms with E-state index in [-0.39, 0.29) is 23.8 Å². The van der Waals surface area contributed by atoms with Crippen LogP contribution in [0.25, 0.3) is 0 Å². The molecule has 0 radical (unpaired) electrons. The molecule has 0 N–H and O–H groups in total. The maximum Gasteiger partial charge on any atom is 0.416 e. The summed E-state index contributed by atoms with van der Waals surface area (Å²) in [5, 5.41) is 9.02. The van der Waals surface area contributed by atoms with E-state index in [1.807, 2.05) is 0 Å². The Bertz CT molecular complexity index is 1240. The van der Waals surface area contributed by atoms with Gasteiger partial charge in [-0.25, -0.2) is 4.39 Å². The van der Waals surface area contributed by atoms with Gasteiger partial charge in [0, 0.05) is 0 Å². The Morgan fingerprint density at radius 3 is 2.00 bits per heavy atom. The Kier molecular flexibility index (Phi) is 6.58. The van der Waals surface area contributed by atoms with E-state index >= 15 is 0 Å². The lowest BCUT2D eigenvalue weighted by Gasteiger charge is -2.37. The van der Waals surface area contributed by atoms with Crippen molar-refractivity contribution in [3.63, 3.8) is 0 Å². The van der Waals surface area contributed by atoms with Crippen molar-refractivity contribution in [3.05, 3.63) is 70.0 Å². The molecule has 0 fully saturated rings. The number of benzene rings is 2. The lowest BCUT2D eigenvalue weighted by atomic mass is 9.68. The monoisotopic (exact) mass is 526 g/mol.